The van der Waals surface area contributed by atoms with E-state index in [-0.39, 0.29) is 30.2 Å². The normalized spacial score (nSPS) is 10.5. The van der Waals surface area contributed by atoms with Crippen molar-refractivity contribution in [2.24, 2.45) is 0 Å². The Morgan fingerprint density at radius 3 is 2.79 bits per heavy atom. The SMILES string of the molecule is CCOc1cncc(-c2cc(F)c(OCCCC(=O)O)c(Cl)c2)n1. The molecule has 1 aromatic carbocycles. The minimum absolute atomic E-state index is 0.0575. The Hall–Kier alpha value is -2.41. The van der Waals surface area contributed by atoms with Gasteiger partial charge in [-0.3, -0.25) is 9.78 Å². The lowest BCUT2D eigenvalue weighted by molar-refractivity contribution is -0.137. The molecule has 0 aliphatic heterocycles. The van der Waals surface area contributed by atoms with Crippen molar-refractivity contribution in [3.8, 4) is 22.9 Å². The molecule has 1 aromatic heterocycles. The number of carboxylic acid groups (broad SMARTS) is 1. The maximum atomic E-state index is 14.2. The number of aromatic nitrogens is 2. The molecular weight excluding hydrogens is 339 g/mol. The molecule has 6 nitrogen and oxygen atoms in total. The molecular formula is C16H16ClFN2O4. The number of carboxylic acids is 1. The zero-order chi connectivity index (χ0) is 17.5. The number of hydrogen-bond donors (Lipinski definition) is 1. The van der Waals surface area contributed by atoms with Gasteiger partial charge in [-0.1, -0.05) is 11.6 Å². The van der Waals surface area contributed by atoms with Gasteiger partial charge in [0.25, 0.3) is 0 Å². The second-order valence-electron chi connectivity index (χ2n) is 4.79. The first-order valence-electron chi connectivity index (χ1n) is 7.30. The Morgan fingerprint density at radius 1 is 1.33 bits per heavy atom. The lowest BCUT2D eigenvalue weighted by Gasteiger charge is -2.11. The monoisotopic (exact) mass is 354 g/mol. The van der Waals surface area contributed by atoms with Gasteiger partial charge in [-0.05, 0) is 25.5 Å². The third-order valence-corrected chi connectivity index (χ3v) is 3.26. The van der Waals surface area contributed by atoms with Crippen LogP contribution in [0.15, 0.2) is 24.5 Å². The lowest BCUT2D eigenvalue weighted by Crippen LogP contribution is -2.04. The van der Waals surface area contributed by atoms with Crippen LogP contribution in [0.5, 0.6) is 11.6 Å². The molecule has 0 bridgehead atoms. The lowest BCUT2D eigenvalue weighted by atomic mass is 10.1. The van der Waals surface area contributed by atoms with E-state index >= 15 is 0 Å². The summed E-state index contributed by atoms with van der Waals surface area (Å²) >= 11 is 6.07. The predicted octanol–water partition coefficient (Wildman–Crippen LogP) is 3.58. The fraction of sp³-hybridized carbons (Fsp3) is 0.312. The minimum atomic E-state index is -0.937. The average molecular weight is 355 g/mol. The zero-order valence-electron chi connectivity index (χ0n) is 13.0. The van der Waals surface area contributed by atoms with E-state index in [1.807, 2.05) is 6.92 Å². The van der Waals surface area contributed by atoms with Crippen LogP contribution in [0.4, 0.5) is 4.39 Å². The first-order valence-corrected chi connectivity index (χ1v) is 7.68. The van der Waals surface area contributed by atoms with Gasteiger partial charge in [0.05, 0.1) is 36.3 Å². The van der Waals surface area contributed by atoms with E-state index in [0.717, 1.165) is 0 Å². The van der Waals surface area contributed by atoms with E-state index in [1.165, 1.54) is 24.5 Å². The Labute approximate surface area is 143 Å². The first-order chi connectivity index (χ1) is 11.5. The summed E-state index contributed by atoms with van der Waals surface area (Å²) in [7, 11) is 0. The number of aliphatic carboxylic acids is 1. The smallest absolute Gasteiger partial charge is 0.303 e. The number of ether oxygens (including phenoxy) is 2. The molecule has 0 atom stereocenters. The number of carbonyl (C=O) groups is 1. The second-order valence-corrected chi connectivity index (χ2v) is 5.20. The Balaban J connectivity index is 2.16. The van der Waals surface area contributed by atoms with E-state index in [2.05, 4.69) is 9.97 Å². The van der Waals surface area contributed by atoms with Gasteiger partial charge in [0.1, 0.15) is 0 Å². The highest BCUT2D eigenvalue weighted by molar-refractivity contribution is 6.32. The van der Waals surface area contributed by atoms with Crippen LogP contribution in [0, 0.1) is 5.82 Å². The molecule has 2 aromatic rings. The minimum Gasteiger partial charge on any atom is -0.489 e. The molecule has 0 saturated carbocycles. The number of nitrogens with zero attached hydrogens (tertiary/aromatic N) is 2. The molecule has 0 aliphatic rings. The number of halogens is 2. The van der Waals surface area contributed by atoms with E-state index < -0.39 is 11.8 Å². The van der Waals surface area contributed by atoms with E-state index in [4.69, 9.17) is 26.2 Å². The standard InChI is InChI=1S/C16H16ClFN2O4/c1-2-23-14-9-19-8-13(20-14)10-6-11(17)16(12(18)7-10)24-5-3-4-15(21)22/h6-9H,2-5H2,1H3,(H,21,22). The molecule has 0 amide bonds. The van der Waals surface area contributed by atoms with Gasteiger partial charge in [-0.2, -0.15) is 0 Å². The van der Waals surface area contributed by atoms with Crippen molar-refractivity contribution in [2.45, 2.75) is 19.8 Å². The second kappa shape index (κ2) is 8.44. The fourth-order valence-corrected chi connectivity index (χ4v) is 2.21. The molecule has 1 heterocycles. The Bertz CT molecular complexity index is 704. The summed E-state index contributed by atoms with van der Waals surface area (Å²) < 4.78 is 24.7. The third kappa shape index (κ3) is 4.79. The van der Waals surface area contributed by atoms with Crippen molar-refractivity contribution >= 4 is 17.6 Å². The van der Waals surface area contributed by atoms with E-state index in [0.29, 0.717) is 23.7 Å². The summed E-state index contributed by atoms with van der Waals surface area (Å²) in [5.74, 6) is -1.37. The van der Waals surface area contributed by atoms with Crippen molar-refractivity contribution in [3.05, 3.63) is 35.4 Å². The van der Waals surface area contributed by atoms with E-state index in [9.17, 15) is 9.18 Å². The molecule has 0 aliphatic carbocycles. The number of hydrogen-bond acceptors (Lipinski definition) is 5. The van der Waals surface area contributed by atoms with E-state index in [1.54, 1.807) is 0 Å². The van der Waals surface area contributed by atoms with Crippen LogP contribution in [-0.4, -0.2) is 34.3 Å². The Kier molecular flexibility index (Phi) is 6.31. The molecule has 1 N–H and O–H groups in total. The van der Waals surface area contributed by atoms with Gasteiger partial charge < -0.3 is 14.6 Å². The van der Waals surface area contributed by atoms with Gasteiger partial charge in [0, 0.05) is 12.0 Å². The molecule has 2 rings (SSSR count). The molecule has 0 spiro atoms. The maximum absolute atomic E-state index is 14.2. The summed E-state index contributed by atoms with van der Waals surface area (Å²) in [4.78, 5) is 18.7. The summed E-state index contributed by atoms with van der Waals surface area (Å²) in [6.07, 6.45) is 3.14. The first kappa shape index (κ1) is 17.9. The average Bonchev–Trinajstić information content (AvgIpc) is 2.53. The molecule has 24 heavy (non-hydrogen) atoms. The molecule has 128 valence electrons. The van der Waals surface area contributed by atoms with Crippen molar-refractivity contribution in [2.75, 3.05) is 13.2 Å². The molecule has 8 heteroatoms. The summed E-state index contributed by atoms with van der Waals surface area (Å²) in [5, 5.41) is 8.64. The van der Waals surface area contributed by atoms with Gasteiger partial charge in [-0.25, -0.2) is 9.37 Å². The highest BCUT2D eigenvalue weighted by Gasteiger charge is 2.14. The molecule has 0 saturated heterocycles. The molecule has 0 radical (unpaired) electrons. The maximum Gasteiger partial charge on any atom is 0.303 e. The van der Waals surface area contributed by atoms with Gasteiger partial charge >= 0.3 is 5.97 Å². The van der Waals surface area contributed by atoms with Crippen LogP contribution in [0.3, 0.4) is 0 Å². The molecule has 0 fully saturated rings. The quantitative estimate of drug-likeness (QED) is 0.730. The van der Waals surface area contributed by atoms with Crippen molar-refractivity contribution in [1.29, 1.82) is 0 Å². The van der Waals surface area contributed by atoms with Crippen LogP contribution < -0.4 is 9.47 Å². The van der Waals surface area contributed by atoms with Crippen LogP contribution >= 0.6 is 11.6 Å². The zero-order valence-corrected chi connectivity index (χ0v) is 13.7. The van der Waals surface area contributed by atoms with Gasteiger partial charge in [-0.15, -0.1) is 0 Å². The summed E-state index contributed by atoms with van der Waals surface area (Å²) in [6, 6.07) is 2.75. The largest absolute Gasteiger partial charge is 0.489 e. The predicted molar refractivity (Wildman–Crippen MR) is 86.0 cm³/mol. The van der Waals surface area contributed by atoms with Crippen LogP contribution in [0.1, 0.15) is 19.8 Å². The van der Waals surface area contributed by atoms with Crippen molar-refractivity contribution in [3.63, 3.8) is 0 Å². The van der Waals surface area contributed by atoms with Crippen molar-refractivity contribution < 1.29 is 23.8 Å². The van der Waals surface area contributed by atoms with Crippen LogP contribution in [0.2, 0.25) is 5.02 Å². The van der Waals surface area contributed by atoms with Crippen molar-refractivity contribution in [1.82, 2.24) is 9.97 Å². The van der Waals surface area contributed by atoms with Gasteiger partial charge in [0.2, 0.25) is 5.88 Å². The summed E-state index contributed by atoms with van der Waals surface area (Å²) in [5.41, 5.74) is 0.851. The Morgan fingerprint density at radius 2 is 2.12 bits per heavy atom. The highest BCUT2D eigenvalue weighted by Crippen LogP contribution is 2.33. The third-order valence-electron chi connectivity index (χ3n) is 2.98. The van der Waals surface area contributed by atoms with Crippen LogP contribution in [-0.2, 0) is 4.79 Å². The fourth-order valence-electron chi connectivity index (χ4n) is 1.95. The number of benzene rings is 1. The summed E-state index contributed by atoms with van der Waals surface area (Å²) in [6.45, 7) is 2.32. The molecule has 0 unspecified atom stereocenters. The van der Waals surface area contributed by atoms with Crippen LogP contribution in [0.25, 0.3) is 11.3 Å². The number of rotatable bonds is 8. The van der Waals surface area contributed by atoms with Gasteiger partial charge in [0.15, 0.2) is 11.6 Å². The topological polar surface area (TPSA) is 81.5 Å². The highest BCUT2D eigenvalue weighted by atomic mass is 35.5.